The molecular formula is C13H26N2O4. The van der Waals surface area contributed by atoms with Crippen LogP contribution in [0, 0.1) is 0 Å². The number of hydroxylamine groups is 1. The third-order valence-corrected chi connectivity index (χ3v) is 3.23. The summed E-state index contributed by atoms with van der Waals surface area (Å²) in [7, 11) is 0. The largest absolute Gasteiger partial charge is 0.445 e. The van der Waals surface area contributed by atoms with E-state index < -0.39 is 12.2 Å². The number of nitrogens with zero attached hydrogens (tertiary/aromatic N) is 1. The van der Waals surface area contributed by atoms with Crippen molar-refractivity contribution in [3.63, 3.8) is 0 Å². The molecule has 0 aromatic rings. The summed E-state index contributed by atoms with van der Waals surface area (Å²) < 4.78 is 4.96. The highest BCUT2D eigenvalue weighted by Crippen LogP contribution is 2.08. The predicted molar refractivity (Wildman–Crippen MR) is 71.6 cm³/mol. The highest BCUT2D eigenvalue weighted by Gasteiger charge is 2.15. The highest BCUT2D eigenvalue weighted by atomic mass is 16.7. The summed E-state index contributed by atoms with van der Waals surface area (Å²) in [5.41, 5.74) is 2.18. The molecule has 1 rings (SSSR count). The minimum absolute atomic E-state index is 0.0755. The van der Waals surface area contributed by atoms with Gasteiger partial charge in [0, 0.05) is 6.54 Å². The number of aliphatic hydroxyl groups is 1. The number of β-amino-alcohol motifs (C(OH)–C–C–N with tert-alkyl or cyclic N) is 1. The fraction of sp³-hybridized carbons (Fsp3) is 0.923. The molecule has 1 fully saturated rings. The van der Waals surface area contributed by atoms with Crippen LogP contribution in [-0.2, 0) is 9.57 Å². The number of hydrogen-bond acceptors (Lipinski definition) is 5. The zero-order chi connectivity index (χ0) is 14.1. The Morgan fingerprint density at radius 3 is 2.68 bits per heavy atom. The lowest BCUT2D eigenvalue weighted by atomic mass is 10.1. The SMILES string of the molecule is CCC(C)OC(=O)NOCC(O)CN1CCCCC1. The monoisotopic (exact) mass is 274 g/mol. The molecule has 0 aromatic heterocycles. The van der Waals surface area contributed by atoms with Gasteiger partial charge in [0.15, 0.2) is 0 Å². The van der Waals surface area contributed by atoms with Gasteiger partial charge >= 0.3 is 6.09 Å². The van der Waals surface area contributed by atoms with Crippen LogP contribution in [0.2, 0.25) is 0 Å². The van der Waals surface area contributed by atoms with Crippen LogP contribution in [-0.4, -0.2) is 54.5 Å². The van der Waals surface area contributed by atoms with Gasteiger partial charge in [-0.25, -0.2) is 4.79 Å². The second-order valence-corrected chi connectivity index (χ2v) is 5.05. The number of likely N-dealkylation sites (tertiary alicyclic amines) is 1. The van der Waals surface area contributed by atoms with Gasteiger partial charge in [0.1, 0.15) is 12.7 Å². The van der Waals surface area contributed by atoms with E-state index in [4.69, 9.17) is 9.57 Å². The van der Waals surface area contributed by atoms with Crippen molar-refractivity contribution in [3.05, 3.63) is 0 Å². The third kappa shape index (κ3) is 7.34. The summed E-state index contributed by atoms with van der Waals surface area (Å²) in [6, 6.07) is 0. The maximum Gasteiger partial charge on any atom is 0.431 e. The molecule has 2 unspecified atom stereocenters. The van der Waals surface area contributed by atoms with Gasteiger partial charge in [-0.15, -0.1) is 0 Å². The normalized spacial score (nSPS) is 19.7. The first kappa shape index (κ1) is 16.2. The Labute approximate surface area is 115 Å². The zero-order valence-electron chi connectivity index (χ0n) is 11.9. The molecule has 0 aliphatic carbocycles. The molecule has 2 N–H and O–H groups in total. The van der Waals surface area contributed by atoms with Crippen molar-refractivity contribution in [2.75, 3.05) is 26.2 Å². The molecule has 0 aromatic carbocycles. The molecular weight excluding hydrogens is 248 g/mol. The van der Waals surface area contributed by atoms with E-state index in [2.05, 4.69) is 10.4 Å². The summed E-state index contributed by atoms with van der Waals surface area (Å²) in [5.74, 6) is 0. The van der Waals surface area contributed by atoms with Gasteiger partial charge in [0.2, 0.25) is 0 Å². The van der Waals surface area contributed by atoms with Crippen LogP contribution in [0.5, 0.6) is 0 Å². The van der Waals surface area contributed by atoms with Gasteiger partial charge in [-0.3, -0.25) is 4.84 Å². The summed E-state index contributed by atoms with van der Waals surface area (Å²) in [5, 5.41) is 9.78. The number of carbonyl (C=O) groups excluding carboxylic acids is 1. The molecule has 2 atom stereocenters. The van der Waals surface area contributed by atoms with Crippen molar-refractivity contribution in [2.24, 2.45) is 0 Å². The molecule has 1 aliphatic rings. The number of ether oxygens (including phenoxy) is 1. The van der Waals surface area contributed by atoms with Crippen molar-refractivity contribution in [3.8, 4) is 0 Å². The molecule has 6 heteroatoms. The van der Waals surface area contributed by atoms with E-state index in [-0.39, 0.29) is 12.7 Å². The van der Waals surface area contributed by atoms with E-state index in [0.29, 0.717) is 6.54 Å². The average Bonchev–Trinajstić information content (AvgIpc) is 2.39. The van der Waals surface area contributed by atoms with Crippen LogP contribution in [0.3, 0.4) is 0 Å². The number of aliphatic hydroxyl groups excluding tert-OH is 1. The van der Waals surface area contributed by atoms with E-state index in [0.717, 1.165) is 19.5 Å². The molecule has 0 spiro atoms. The van der Waals surface area contributed by atoms with E-state index in [9.17, 15) is 9.90 Å². The van der Waals surface area contributed by atoms with Crippen LogP contribution >= 0.6 is 0 Å². The van der Waals surface area contributed by atoms with Gasteiger partial charge in [-0.2, -0.15) is 5.48 Å². The van der Waals surface area contributed by atoms with E-state index in [1.807, 2.05) is 13.8 Å². The summed E-state index contributed by atoms with van der Waals surface area (Å²) in [6.07, 6.45) is 3.06. The number of piperidine rings is 1. The standard InChI is InChI=1S/C13H26N2O4/c1-3-11(2)19-13(17)14-18-10-12(16)9-15-7-5-4-6-8-15/h11-12,16H,3-10H2,1-2H3,(H,14,17). The van der Waals surface area contributed by atoms with E-state index >= 15 is 0 Å². The van der Waals surface area contributed by atoms with Crippen molar-refractivity contribution < 1.29 is 19.5 Å². The Hall–Kier alpha value is -0.850. The molecule has 6 nitrogen and oxygen atoms in total. The topological polar surface area (TPSA) is 71.0 Å². The summed E-state index contributed by atoms with van der Waals surface area (Å²) in [4.78, 5) is 18.4. The lowest BCUT2D eigenvalue weighted by molar-refractivity contribution is -0.0343. The van der Waals surface area contributed by atoms with Crippen LogP contribution in [0.15, 0.2) is 0 Å². The third-order valence-electron chi connectivity index (χ3n) is 3.23. The average molecular weight is 274 g/mol. The first-order valence-electron chi connectivity index (χ1n) is 7.10. The fourth-order valence-electron chi connectivity index (χ4n) is 1.98. The second-order valence-electron chi connectivity index (χ2n) is 5.05. The molecule has 112 valence electrons. The minimum Gasteiger partial charge on any atom is -0.445 e. The van der Waals surface area contributed by atoms with Gasteiger partial charge in [0.05, 0.1) is 6.10 Å². The van der Waals surface area contributed by atoms with Gasteiger partial charge < -0.3 is 14.7 Å². The van der Waals surface area contributed by atoms with Crippen LogP contribution in [0.25, 0.3) is 0 Å². The first-order valence-corrected chi connectivity index (χ1v) is 7.10. The predicted octanol–water partition coefficient (Wildman–Crippen LogP) is 1.29. The lowest BCUT2D eigenvalue weighted by Gasteiger charge is -2.28. The second kappa shape index (κ2) is 9.12. The fourth-order valence-corrected chi connectivity index (χ4v) is 1.98. The van der Waals surface area contributed by atoms with E-state index in [1.165, 1.54) is 19.3 Å². The van der Waals surface area contributed by atoms with Crippen molar-refractivity contribution in [1.29, 1.82) is 0 Å². The number of carbonyl (C=O) groups is 1. The number of rotatable bonds is 7. The lowest BCUT2D eigenvalue weighted by Crippen LogP contribution is -2.39. The zero-order valence-corrected chi connectivity index (χ0v) is 11.9. The number of amides is 1. The first-order chi connectivity index (χ1) is 9.11. The molecule has 1 heterocycles. The number of hydrogen-bond donors (Lipinski definition) is 2. The van der Waals surface area contributed by atoms with Crippen LogP contribution < -0.4 is 5.48 Å². The van der Waals surface area contributed by atoms with Crippen LogP contribution in [0.1, 0.15) is 39.5 Å². The minimum atomic E-state index is -0.612. The molecule has 19 heavy (non-hydrogen) atoms. The molecule has 0 bridgehead atoms. The number of nitrogens with one attached hydrogen (secondary N) is 1. The van der Waals surface area contributed by atoms with Crippen LogP contribution in [0.4, 0.5) is 4.79 Å². The quantitative estimate of drug-likeness (QED) is 0.685. The Bertz CT molecular complexity index is 257. The molecule has 1 saturated heterocycles. The maximum absolute atomic E-state index is 11.2. The summed E-state index contributed by atoms with van der Waals surface area (Å²) >= 11 is 0. The molecule has 0 saturated carbocycles. The Morgan fingerprint density at radius 2 is 2.05 bits per heavy atom. The van der Waals surface area contributed by atoms with Gasteiger partial charge in [-0.05, 0) is 39.3 Å². The Balaban J connectivity index is 2.06. The maximum atomic E-state index is 11.2. The smallest absolute Gasteiger partial charge is 0.431 e. The van der Waals surface area contributed by atoms with Gasteiger partial charge in [-0.1, -0.05) is 13.3 Å². The van der Waals surface area contributed by atoms with Gasteiger partial charge in [0.25, 0.3) is 0 Å². The van der Waals surface area contributed by atoms with E-state index in [1.54, 1.807) is 0 Å². The Morgan fingerprint density at radius 1 is 1.37 bits per heavy atom. The molecule has 1 amide bonds. The molecule has 1 aliphatic heterocycles. The van der Waals surface area contributed by atoms with Crippen molar-refractivity contribution in [1.82, 2.24) is 10.4 Å². The Kier molecular flexibility index (Phi) is 7.78. The van der Waals surface area contributed by atoms with Crippen molar-refractivity contribution >= 4 is 6.09 Å². The summed E-state index contributed by atoms with van der Waals surface area (Å²) in [6.45, 7) is 6.46. The van der Waals surface area contributed by atoms with Crippen molar-refractivity contribution in [2.45, 2.75) is 51.7 Å². The highest BCUT2D eigenvalue weighted by molar-refractivity contribution is 5.65. The molecule has 0 radical (unpaired) electrons.